The summed E-state index contributed by atoms with van der Waals surface area (Å²) in [5.41, 5.74) is 11.6. The minimum atomic E-state index is 0.584. The SMILES string of the molecule is c1ccc(-c2ccc3c(c2)c2ccccc2n3-c2ccc3c(c2)oc2cc4oc5cc(-c6nc(-c7ccccc7)nc(-c7ccccc7)n6)ccc5c4cc23)cc1. The van der Waals surface area contributed by atoms with Gasteiger partial charge in [0.2, 0.25) is 0 Å². The van der Waals surface area contributed by atoms with E-state index in [9.17, 15) is 0 Å². The number of benzene rings is 8. The standard InChI is InChI=1S/C51H30N4O2/c1-4-12-31(13-5-1)34-21-25-44-40(26-34)37-18-10-11-19-43(37)55(44)36-22-24-39-42-29-41-38-23-20-35(27-45(38)56-47(41)30-48(42)57-46(39)28-36)51-53-49(32-14-6-2-7-15-32)52-50(54-51)33-16-8-3-9-17-33/h1-30H. The monoisotopic (exact) mass is 730 g/mol. The minimum Gasteiger partial charge on any atom is -0.456 e. The van der Waals surface area contributed by atoms with Crippen LogP contribution >= 0.6 is 0 Å². The Morgan fingerprint density at radius 2 is 0.807 bits per heavy atom. The molecule has 4 heterocycles. The Balaban J connectivity index is 0.959. The van der Waals surface area contributed by atoms with Crippen molar-refractivity contribution >= 4 is 65.7 Å². The molecular weight excluding hydrogens is 701 g/mol. The van der Waals surface area contributed by atoms with Crippen LogP contribution in [0.1, 0.15) is 0 Å². The molecule has 8 aromatic carbocycles. The average molecular weight is 731 g/mol. The summed E-state index contributed by atoms with van der Waals surface area (Å²) in [7, 11) is 0. The molecule has 0 radical (unpaired) electrons. The van der Waals surface area contributed by atoms with Gasteiger partial charge in [-0.25, -0.2) is 15.0 Å². The highest BCUT2D eigenvalue weighted by atomic mass is 16.3. The molecule has 0 N–H and O–H groups in total. The molecule has 0 aliphatic carbocycles. The fourth-order valence-electron chi connectivity index (χ4n) is 8.31. The molecule has 6 heteroatoms. The molecule has 12 aromatic rings. The van der Waals surface area contributed by atoms with Crippen molar-refractivity contribution < 1.29 is 8.83 Å². The number of rotatable bonds is 5. The molecule has 4 aromatic heterocycles. The Labute approximate surface area is 325 Å². The molecule has 0 atom stereocenters. The van der Waals surface area contributed by atoms with Crippen LogP contribution in [0.4, 0.5) is 0 Å². The van der Waals surface area contributed by atoms with Crippen molar-refractivity contribution in [1.29, 1.82) is 0 Å². The van der Waals surface area contributed by atoms with Gasteiger partial charge in [0.1, 0.15) is 22.3 Å². The van der Waals surface area contributed by atoms with Crippen LogP contribution in [0.5, 0.6) is 0 Å². The number of furan rings is 2. The Bertz CT molecular complexity index is 3450. The molecular formula is C51H30N4O2. The minimum absolute atomic E-state index is 0.584. The Hall–Kier alpha value is -7.83. The first kappa shape index (κ1) is 31.5. The molecule has 57 heavy (non-hydrogen) atoms. The highest BCUT2D eigenvalue weighted by Crippen LogP contribution is 2.40. The molecule has 0 fully saturated rings. The van der Waals surface area contributed by atoms with Crippen molar-refractivity contribution in [2.45, 2.75) is 0 Å². The maximum Gasteiger partial charge on any atom is 0.164 e. The second kappa shape index (κ2) is 12.3. The van der Waals surface area contributed by atoms with Crippen molar-refractivity contribution in [1.82, 2.24) is 19.5 Å². The molecule has 0 aliphatic rings. The zero-order chi connectivity index (χ0) is 37.5. The van der Waals surface area contributed by atoms with E-state index < -0.39 is 0 Å². The van der Waals surface area contributed by atoms with E-state index in [2.05, 4.69) is 114 Å². The fourth-order valence-corrected chi connectivity index (χ4v) is 8.31. The molecule has 0 saturated heterocycles. The first-order valence-corrected chi connectivity index (χ1v) is 19.0. The molecule has 0 bridgehead atoms. The van der Waals surface area contributed by atoms with Gasteiger partial charge in [-0.2, -0.15) is 0 Å². The first-order valence-electron chi connectivity index (χ1n) is 19.0. The zero-order valence-corrected chi connectivity index (χ0v) is 30.4. The van der Waals surface area contributed by atoms with E-state index in [1.165, 1.54) is 21.9 Å². The Morgan fingerprint density at radius 3 is 1.47 bits per heavy atom. The van der Waals surface area contributed by atoms with Gasteiger partial charge in [0, 0.05) is 66.8 Å². The lowest BCUT2D eigenvalue weighted by Crippen LogP contribution is -2.00. The lowest BCUT2D eigenvalue weighted by Gasteiger charge is -2.08. The van der Waals surface area contributed by atoms with Gasteiger partial charge < -0.3 is 13.4 Å². The van der Waals surface area contributed by atoms with Crippen molar-refractivity contribution in [3.05, 3.63) is 182 Å². The van der Waals surface area contributed by atoms with E-state index in [4.69, 9.17) is 23.8 Å². The van der Waals surface area contributed by atoms with Crippen LogP contribution in [0, 0.1) is 0 Å². The summed E-state index contributed by atoms with van der Waals surface area (Å²) in [6, 6.07) is 62.8. The molecule has 0 spiro atoms. The highest BCUT2D eigenvalue weighted by molar-refractivity contribution is 6.16. The maximum atomic E-state index is 6.60. The van der Waals surface area contributed by atoms with E-state index in [0.717, 1.165) is 77.3 Å². The molecule has 0 saturated carbocycles. The summed E-state index contributed by atoms with van der Waals surface area (Å²) < 4.78 is 15.5. The number of nitrogens with zero attached hydrogens (tertiary/aromatic N) is 4. The summed E-state index contributed by atoms with van der Waals surface area (Å²) in [6.45, 7) is 0. The smallest absolute Gasteiger partial charge is 0.164 e. The number of hydrogen-bond donors (Lipinski definition) is 0. The van der Waals surface area contributed by atoms with Crippen LogP contribution in [0.15, 0.2) is 191 Å². The van der Waals surface area contributed by atoms with Crippen molar-refractivity contribution in [2.75, 3.05) is 0 Å². The van der Waals surface area contributed by atoms with Gasteiger partial charge in [-0.3, -0.25) is 0 Å². The van der Waals surface area contributed by atoms with Crippen molar-refractivity contribution in [3.63, 3.8) is 0 Å². The molecule has 12 rings (SSSR count). The van der Waals surface area contributed by atoms with Crippen LogP contribution in [0.25, 0.3) is 117 Å². The lowest BCUT2D eigenvalue weighted by atomic mass is 10.0. The molecule has 0 amide bonds. The summed E-state index contributed by atoms with van der Waals surface area (Å²) in [5, 5.41) is 6.58. The van der Waals surface area contributed by atoms with Crippen LogP contribution in [-0.2, 0) is 0 Å². The van der Waals surface area contributed by atoms with Gasteiger partial charge in [0.25, 0.3) is 0 Å². The van der Waals surface area contributed by atoms with Gasteiger partial charge in [0.05, 0.1) is 11.0 Å². The normalized spacial score (nSPS) is 11.9. The number of aromatic nitrogens is 4. The van der Waals surface area contributed by atoms with Crippen LogP contribution < -0.4 is 0 Å². The molecule has 0 unspecified atom stereocenters. The summed E-state index contributed by atoms with van der Waals surface area (Å²) >= 11 is 0. The quantitative estimate of drug-likeness (QED) is 0.176. The topological polar surface area (TPSA) is 69.9 Å². The highest BCUT2D eigenvalue weighted by Gasteiger charge is 2.19. The summed E-state index contributed by atoms with van der Waals surface area (Å²) in [4.78, 5) is 14.7. The summed E-state index contributed by atoms with van der Waals surface area (Å²) in [5.74, 6) is 1.82. The molecule has 6 nitrogen and oxygen atoms in total. The molecule has 266 valence electrons. The van der Waals surface area contributed by atoms with E-state index >= 15 is 0 Å². The third-order valence-corrected chi connectivity index (χ3v) is 11.0. The van der Waals surface area contributed by atoms with Gasteiger partial charge in [-0.1, -0.05) is 121 Å². The largest absolute Gasteiger partial charge is 0.456 e. The zero-order valence-electron chi connectivity index (χ0n) is 30.4. The van der Waals surface area contributed by atoms with Crippen LogP contribution in [0.2, 0.25) is 0 Å². The number of hydrogen-bond acceptors (Lipinski definition) is 5. The van der Waals surface area contributed by atoms with Crippen molar-refractivity contribution in [2.24, 2.45) is 0 Å². The number of fused-ring (bicyclic) bond motifs is 9. The second-order valence-corrected chi connectivity index (χ2v) is 14.4. The Kier molecular flexibility index (Phi) is 6.83. The predicted molar refractivity (Wildman–Crippen MR) is 230 cm³/mol. The van der Waals surface area contributed by atoms with E-state index in [0.29, 0.717) is 17.5 Å². The third kappa shape index (κ3) is 5.08. The predicted octanol–water partition coefficient (Wildman–Crippen LogP) is 13.4. The fraction of sp³-hybridized carbons (Fsp3) is 0. The van der Waals surface area contributed by atoms with Crippen LogP contribution in [-0.4, -0.2) is 19.5 Å². The average Bonchev–Trinajstić information content (AvgIpc) is 3.94. The lowest BCUT2D eigenvalue weighted by molar-refractivity contribution is 0.656. The van der Waals surface area contributed by atoms with Crippen LogP contribution in [0.3, 0.4) is 0 Å². The van der Waals surface area contributed by atoms with Gasteiger partial charge in [-0.15, -0.1) is 0 Å². The second-order valence-electron chi connectivity index (χ2n) is 14.4. The Morgan fingerprint density at radius 1 is 0.298 bits per heavy atom. The molecule has 0 aliphatic heterocycles. The van der Waals surface area contributed by atoms with E-state index in [1.54, 1.807) is 0 Å². The summed E-state index contributed by atoms with van der Waals surface area (Å²) in [6.07, 6.45) is 0. The maximum absolute atomic E-state index is 6.60. The third-order valence-electron chi connectivity index (χ3n) is 11.0. The first-order chi connectivity index (χ1) is 28.2. The van der Waals surface area contributed by atoms with Gasteiger partial charge >= 0.3 is 0 Å². The van der Waals surface area contributed by atoms with E-state index in [1.807, 2.05) is 72.8 Å². The number of para-hydroxylation sites is 1. The van der Waals surface area contributed by atoms with Gasteiger partial charge in [0.15, 0.2) is 17.5 Å². The van der Waals surface area contributed by atoms with Gasteiger partial charge in [-0.05, 0) is 59.7 Å². The van der Waals surface area contributed by atoms with E-state index in [-0.39, 0.29) is 0 Å². The van der Waals surface area contributed by atoms with Crippen molar-refractivity contribution in [3.8, 4) is 51.0 Å².